The van der Waals surface area contributed by atoms with Gasteiger partial charge in [0.1, 0.15) is 6.10 Å². The topological polar surface area (TPSA) is 52.5 Å². The lowest BCUT2D eigenvalue weighted by molar-refractivity contribution is 0.00381. The molecule has 4 heteroatoms. The molecule has 0 amide bonds. The Bertz CT molecular complexity index is 195. The Morgan fingerprint density at radius 2 is 2.36 bits per heavy atom. The Balaban J connectivity index is 2.20. The van der Waals surface area contributed by atoms with Crippen molar-refractivity contribution in [3.8, 4) is 0 Å². The van der Waals surface area contributed by atoms with Crippen LogP contribution in [0.15, 0.2) is 11.0 Å². The molecular formula is C7H11NO2S. The average Bonchev–Trinajstić information content (AvgIpc) is 2.45. The predicted molar refractivity (Wildman–Crippen MR) is 44.1 cm³/mol. The third kappa shape index (κ3) is 1.20. The van der Waals surface area contributed by atoms with Crippen LogP contribution in [0.5, 0.6) is 0 Å². The van der Waals surface area contributed by atoms with Gasteiger partial charge < -0.3 is 10.2 Å². The number of nitrogens with one attached hydrogen (secondary N) is 1. The van der Waals surface area contributed by atoms with Crippen molar-refractivity contribution in [1.29, 1.82) is 0 Å². The molecule has 0 spiro atoms. The monoisotopic (exact) mass is 173 g/mol. The molecule has 0 aromatic heterocycles. The predicted octanol–water partition coefficient (Wildman–Crippen LogP) is -0.342. The first-order chi connectivity index (χ1) is 5.29. The first-order valence-corrected chi connectivity index (χ1v) is 4.70. The van der Waals surface area contributed by atoms with E-state index in [2.05, 4.69) is 5.32 Å². The summed E-state index contributed by atoms with van der Waals surface area (Å²) >= 11 is 1.71. The van der Waals surface area contributed by atoms with Gasteiger partial charge in [-0.1, -0.05) is 6.08 Å². The van der Waals surface area contributed by atoms with Crippen molar-refractivity contribution in [2.24, 2.45) is 0 Å². The summed E-state index contributed by atoms with van der Waals surface area (Å²) < 4.78 is 0. The number of aliphatic hydroxyl groups excluding tert-OH is 2. The maximum Gasteiger partial charge on any atom is 0.100 e. The maximum atomic E-state index is 9.48. The number of hydrogen-bond donors (Lipinski definition) is 3. The van der Waals surface area contributed by atoms with E-state index < -0.39 is 12.2 Å². The van der Waals surface area contributed by atoms with Crippen LogP contribution < -0.4 is 5.32 Å². The molecule has 1 aliphatic heterocycles. The van der Waals surface area contributed by atoms with Gasteiger partial charge in [0.15, 0.2) is 0 Å². The van der Waals surface area contributed by atoms with E-state index in [9.17, 15) is 10.2 Å². The number of aliphatic hydroxyl groups is 2. The van der Waals surface area contributed by atoms with Crippen LogP contribution in [-0.4, -0.2) is 34.3 Å². The summed E-state index contributed by atoms with van der Waals surface area (Å²) in [5, 5.41) is 21.9. The highest BCUT2D eigenvalue weighted by atomic mass is 32.2. The molecule has 0 aromatic carbocycles. The molecule has 1 saturated heterocycles. The van der Waals surface area contributed by atoms with Crippen molar-refractivity contribution in [1.82, 2.24) is 5.32 Å². The molecule has 0 aromatic rings. The minimum atomic E-state index is -0.620. The zero-order valence-corrected chi connectivity index (χ0v) is 6.84. The normalized spacial score (nSPS) is 43.5. The fourth-order valence-electron chi connectivity index (χ4n) is 1.48. The van der Waals surface area contributed by atoms with E-state index in [1.165, 1.54) is 4.91 Å². The minimum Gasteiger partial charge on any atom is -0.390 e. The smallest absolute Gasteiger partial charge is 0.100 e. The molecule has 1 aliphatic carbocycles. The fourth-order valence-corrected chi connectivity index (χ4v) is 2.52. The fraction of sp³-hybridized carbons (Fsp3) is 0.714. The van der Waals surface area contributed by atoms with Crippen LogP contribution in [0.25, 0.3) is 0 Å². The molecule has 0 bridgehead atoms. The lowest BCUT2D eigenvalue weighted by Crippen LogP contribution is -2.45. The van der Waals surface area contributed by atoms with E-state index in [1.54, 1.807) is 11.8 Å². The molecule has 3 atom stereocenters. The summed E-state index contributed by atoms with van der Waals surface area (Å²) in [6.07, 6.45) is 1.38. The molecule has 2 aliphatic rings. The van der Waals surface area contributed by atoms with Crippen LogP contribution in [0.2, 0.25) is 0 Å². The van der Waals surface area contributed by atoms with Crippen LogP contribution in [0, 0.1) is 0 Å². The Morgan fingerprint density at radius 3 is 3.18 bits per heavy atom. The van der Waals surface area contributed by atoms with E-state index in [0.717, 1.165) is 5.88 Å². The summed E-state index contributed by atoms with van der Waals surface area (Å²) in [5.41, 5.74) is 0. The van der Waals surface area contributed by atoms with Gasteiger partial charge in [-0.15, -0.1) is 11.8 Å². The third-order valence-electron chi connectivity index (χ3n) is 2.14. The van der Waals surface area contributed by atoms with Gasteiger partial charge in [0, 0.05) is 10.8 Å². The van der Waals surface area contributed by atoms with Gasteiger partial charge in [-0.05, 0) is 6.42 Å². The number of thioether (sulfide) groups is 1. The highest BCUT2D eigenvalue weighted by molar-refractivity contribution is 8.03. The summed E-state index contributed by atoms with van der Waals surface area (Å²) in [6, 6.07) is -0.0104. The number of rotatable bonds is 0. The van der Waals surface area contributed by atoms with Gasteiger partial charge in [0.05, 0.1) is 12.1 Å². The molecular weight excluding hydrogens is 162 g/mol. The van der Waals surface area contributed by atoms with Crippen molar-refractivity contribution < 1.29 is 10.2 Å². The quantitative estimate of drug-likeness (QED) is 0.469. The van der Waals surface area contributed by atoms with Gasteiger partial charge in [-0.3, -0.25) is 5.32 Å². The lowest BCUT2D eigenvalue weighted by atomic mass is 9.96. The molecule has 1 heterocycles. The first kappa shape index (κ1) is 7.61. The van der Waals surface area contributed by atoms with Gasteiger partial charge in [-0.25, -0.2) is 0 Å². The standard InChI is InChI=1S/C7H11NO2S/c9-4-1-2-5-6(7(4)10)8-3-11-5/h2,4,6-10H,1,3H2. The molecule has 3 unspecified atom stereocenters. The van der Waals surface area contributed by atoms with Gasteiger partial charge >= 0.3 is 0 Å². The number of hydrogen-bond acceptors (Lipinski definition) is 4. The molecule has 0 radical (unpaired) electrons. The van der Waals surface area contributed by atoms with Crippen molar-refractivity contribution >= 4 is 11.8 Å². The molecule has 0 saturated carbocycles. The zero-order chi connectivity index (χ0) is 7.84. The van der Waals surface area contributed by atoms with Crippen LogP contribution in [0.4, 0.5) is 0 Å². The molecule has 1 fully saturated rings. The van der Waals surface area contributed by atoms with Crippen molar-refractivity contribution in [2.75, 3.05) is 5.88 Å². The van der Waals surface area contributed by atoms with E-state index >= 15 is 0 Å². The second-order valence-corrected chi connectivity index (χ2v) is 3.92. The van der Waals surface area contributed by atoms with Crippen LogP contribution in [0.1, 0.15) is 6.42 Å². The van der Waals surface area contributed by atoms with Gasteiger partial charge in [0.25, 0.3) is 0 Å². The Morgan fingerprint density at radius 1 is 1.55 bits per heavy atom. The van der Waals surface area contributed by atoms with Crippen molar-refractivity contribution in [3.63, 3.8) is 0 Å². The van der Waals surface area contributed by atoms with Gasteiger partial charge in [0.2, 0.25) is 0 Å². The largest absolute Gasteiger partial charge is 0.390 e. The van der Waals surface area contributed by atoms with E-state index in [4.69, 9.17) is 0 Å². The maximum absolute atomic E-state index is 9.48. The number of fused-ring (bicyclic) bond motifs is 1. The third-order valence-corrected chi connectivity index (χ3v) is 3.21. The Kier molecular flexibility index (Phi) is 1.93. The van der Waals surface area contributed by atoms with Crippen molar-refractivity contribution in [3.05, 3.63) is 11.0 Å². The van der Waals surface area contributed by atoms with Crippen LogP contribution >= 0.6 is 11.8 Å². The highest BCUT2D eigenvalue weighted by Crippen LogP contribution is 2.32. The Hall–Kier alpha value is -0.0300. The Labute approximate surface area is 69.5 Å². The SMILES string of the molecule is OC1CC=C2SCNC2C1O. The van der Waals surface area contributed by atoms with Gasteiger partial charge in [-0.2, -0.15) is 0 Å². The highest BCUT2D eigenvalue weighted by Gasteiger charge is 2.35. The van der Waals surface area contributed by atoms with E-state index in [0.29, 0.717) is 6.42 Å². The van der Waals surface area contributed by atoms with E-state index in [-0.39, 0.29) is 6.04 Å². The minimum absolute atomic E-state index is 0.0104. The van der Waals surface area contributed by atoms with Crippen LogP contribution in [-0.2, 0) is 0 Å². The summed E-state index contributed by atoms with van der Waals surface area (Å²) in [5.74, 6) is 0.848. The molecule has 3 nitrogen and oxygen atoms in total. The lowest BCUT2D eigenvalue weighted by Gasteiger charge is -2.27. The average molecular weight is 173 g/mol. The second kappa shape index (κ2) is 2.79. The first-order valence-electron chi connectivity index (χ1n) is 3.71. The molecule has 2 rings (SSSR count). The summed E-state index contributed by atoms with van der Waals surface area (Å²) in [7, 11) is 0. The molecule has 3 N–H and O–H groups in total. The van der Waals surface area contributed by atoms with Crippen LogP contribution in [0.3, 0.4) is 0 Å². The zero-order valence-electron chi connectivity index (χ0n) is 6.03. The summed E-state index contributed by atoms with van der Waals surface area (Å²) in [4.78, 5) is 1.18. The van der Waals surface area contributed by atoms with E-state index in [1.807, 2.05) is 6.08 Å². The van der Waals surface area contributed by atoms with Crippen molar-refractivity contribution in [2.45, 2.75) is 24.7 Å². The summed E-state index contributed by atoms with van der Waals surface area (Å²) in [6.45, 7) is 0. The molecule has 11 heavy (non-hydrogen) atoms. The second-order valence-electron chi connectivity index (χ2n) is 2.87. The molecule has 62 valence electrons.